The molecule has 1 N–H and O–H groups in total. The standard InChI is InChI=1S/C21H20FN5O2S/c1-26-13-21(24-14-26)30(28,29)27-11-17(16-5-3-2-4-6-16)20(12-27)25-19-9-15(10-23)7-8-18(19)22/h2-9,13-14,17,20,25H,11-12H2,1H3. The van der Waals surface area contributed by atoms with Crippen LogP contribution in [0.25, 0.3) is 0 Å². The van der Waals surface area contributed by atoms with Crippen LogP contribution in [-0.4, -0.2) is 41.4 Å². The van der Waals surface area contributed by atoms with Gasteiger partial charge in [0.15, 0.2) is 5.03 Å². The maximum Gasteiger partial charge on any atom is 0.262 e. The van der Waals surface area contributed by atoms with E-state index in [2.05, 4.69) is 10.3 Å². The van der Waals surface area contributed by atoms with Gasteiger partial charge in [-0.1, -0.05) is 30.3 Å². The summed E-state index contributed by atoms with van der Waals surface area (Å²) in [5.74, 6) is -0.693. The van der Waals surface area contributed by atoms with E-state index in [1.807, 2.05) is 36.4 Å². The first kappa shape index (κ1) is 20.1. The quantitative estimate of drug-likeness (QED) is 0.679. The molecule has 0 radical (unpaired) electrons. The summed E-state index contributed by atoms with van der Waals surface area (Å²) in [5, 5.41) is 12.2. The highest BCUT2D eigenvalue weighted by atomic mass is 32.2. The van der Waals surface area contributed by atoms with Crippen LogP contribution in [-0.2, 0) is 17.1 Å². The van der Waals surface area contributed by atoms with Gasteiger partial charge in [-0.2, -0.15) is 9.57 Å². The first-order chi connectivity index (χ1) is 14.4. The molecule has 1 aliphatic rings. The van der Waals surface area contributed by atoms with Gasteiger partial charge < -0.3 is 9.88 Å². The van der Waals surface area contributed by atoms with Crippen LogP contribution in [0, 0.1) is 17.1 Å². The van der Waals surface area contributed by atoms with Gasteiger partial charge in [-0.05, 0) is 23.8 Å². The zero-order valence-electron chi connectivity index (χ0n) is 16.2. The minimum atomic E-state index is -3.79. The maximum atomic E-state index is 14.4. The highest BCUT2D eigenvalue weighted by Gasteiger charge is 2.41. The van der Waals surface area contributed by atoms with Crippen molar-refractivity contribution < 1.29 is 12.8 Å². The molecule has 0 saturated carbocycles. The van der Waals surface area contributed by atoms with Gasteiger partial charge in [0.05, 0.1) is 23.6 Å². The van der Waals surface area contributed by atoms with E-state index < -0.39 is 15.8 Å². The van der Waals surface area contributed by atoms with Gasteiger partial charge in [-0.25, -0.2) is 17.8 Å². The predicted molar refractivity (Wildman–Crippen MR) is 110 cm³/mol. The number of imidazole rings is 1. The molecule has 2 aromatic carbocycles. The highest BCUT2D eigenvalue weighted by Crippen LogP contribution is 2.33. The molecular formula is C21H20FN5O2S. The van der Waals surface area contributed by atoms with Gasteiger partial charge in [-0.15, -0.1) is 0 Å². The molecule has 4 rings (SSSR count). The van der Waals surface area contributed by atoms with Crippen LogP contribution in [0.2, 0.25) is 0 Å². The third kappa shape index (κ3) is 3.79. The average Bonchev–Trinajstić information content (AvgIpc) is 3.37. The summed E-state index contributed by atoms with van der Waals surface area (Å²) in [6.07, 6.45) is 2.90. The zero-order chi connectivity index (χ0) is 21.3. The molecule has 154 valence electrons. The van der Waals surface area contributed by atoms with Crippen molar-refractivity contribution in [2.75, 3.05) is 18.4 Å². The third-order valence-corrected chi connectivity index (χ3v) is 6.95. The van der Waals surface area contributed by atoms with E-state index >= 15 is 0 Å². The van der Waals surface area contributed by atoms with Crippen molar-refractivity contribution in [2.45, 2.75) is 17.0 Å². The maximum absolute atomic E-state index is 14.4. The zero-order valence-corrected chi connectivity index (χ0v) is 17.1. The minimum absolute atomic E-state index is 0.0184. The topological polar surface area (TPSA) is 91.0 Å². The monoisotopic (exact) mass is 425 g/mol. The number of aryl methyl sites for hydroxylation is 1. The number of halogens is 1. The van der Waals surface area contributed by atoms with E-state index in [0.717, 1.165) is 5.56 Å². The molecule has 0 bridgehead atoms. The molecule has 2 atom stereocenters. The molecule has 2 heterocycles. The number of hydrogen-bond acceptors (Lipinski definition) is 5. The van der Waals surface area contributed by atoms with Crippen molar-refractivity contribution in [1.82, 2.24) is 13.9 Å². The normalized spacial score (nSPS) is 19.5. The lowest BCUT2D eigenvalue weighted by Crippen LogP contribution is -2.32. The fourth-order valence-electron chi connectivity index (χ4n) is 3.71. The Balaban J connectivity index is 1.68. The van der Waals surface area contributed by atoms with Gasteiger partial charge >= 0.3 is 0 Å². The molecule has 0 amide bonds. The lowest BCUT2D eigenvalue weighted by molar-refractivity contribution is 0.468. The third-order valence-electron chi connectivity index (χ3n) is 5.24. The van der Waals surface area contributed by atoms with E-state index in [1.54, 1.807) is 11.6 Å². The summed E-state index contributed by atoms with van der Waals surface area (Å²) >= 11 is 0. The number of nitrogens with zero attached hydrogens (tertiary/aromatic N) is 4. The van der Waals surface area contributed by atoms with Crippen molar-refractivity contribution in [2.24, 2.45) is 7.05 Å². The van der Waals surface area contributed by atoms with Crippen LogP contribution in [0.15, 0.2) is 66.1 Å². The predicted octanol–water partition coefficient (Wildman–Crippen LogP) is 2.70. The van der Waals surface area contributed by atoms with Crippen LogP contribution in [0.1, 0.15) is 17.0 Å². The number of aromatic nitrogens is 2. The molecule has 0 spiro atoms. The van der Waals surface area contributed by atoms with Crippen molar-refractivity contribution in [1.29, 1.82) is 5.26 Å². The fourth-order valence-corrected chi connectivity index (χ4v) is 5.17. The van der Waals surface area contributed by atoms with Crippen LogP contribution >= 0.6 is 0 Å². The van der Waals surface area contributed by atoms with Gasteiger partial charge in [-0.3, -0.25) is 0 Å². The summed E-state index contributed by atoms with van der Waals surface area (Å²) in [6, 6.07) is 15.2. The molecule has 0 aliphatic carbocycles. The first-order valence-corrected chi connectivity index (χ1v) is 10.8. The van der Waals surface area contributed by atoms with Gasteiger partial charge in [0.2, 0.25) is 0 Å². The molecule has 1 aromatic heterocycles. The summed E-state index contributed by atoms with van der Waals surface area (Å²) in [5.41, 5.74) is 1.45. The van der Waals surface area contributed by atoms with E-state index in [9.17, 15) is 12.8 Å². The Bertz CT molecular complexity index is 1200. The summed E-state index contributed by atoms with van der Waals surface area (Å²) in [7, 11) is -2.09. The molecule has 9 heteroatoms. The number of sulfonamides is 1. The highest BCUT2D eigenvalue weighted by molar-refractivity contribution is 7.89. The SMILES string of the molecule is Cn1cnc(S(=O)(=O)N2CC(Nc3cc(C#N)ccc3F)C(c3ccccc3)C2)c1. The smallest absolute Gasteiger partial charge is 0.262 e. The number of nitriles is 1. The minimum Gasteiger partial charge on any atom is -0.378 e. The van der Waals surface area contributed by atoms with Crippen molar-refractivity contribution in [3.8, 4) is 6.07 Å². The molecule has 2 unspecified atom stereocenters. The summed E-state index contributed by atoms with van der Waals surface area (Å²) in [4.78, 5) is 3.99. The Labute approximate surface area is 174 Å². The average molecular weight is 425 g/mol. The fraction of sp³-hybridized carbons (Fsp3) is 0.238. The number of anilines is 1. The second-order valence-corrected chi connectivity index (χ2v) is 9.16. The number of rotatable bonds is 5. The number of benzene rings is 2. The Morgan fingerprint density at radius 3 is 2.63 bits per heavy atom. The van der Waals surface area contributed by atoms with E-state index in [1.165, 1.54) is 35.0 Å². The lowest BCUT2D eigenvalue weighted by Gasteiger charge is -2.21. The molecule has 1 saturated heterocycles. The molecule has 1 fully saturated rings. The van der Waals surface area contributed by atoms with E-state index in [-0.39, 0.29) is 35.8 Å². The van der Waals surface area contributed by atoms with Gasteiger partial charge in [0.1, 0.15) is 5.82 Å². The molecular weight excluding hydrogens is 405 g/mol. The second-order valence-electron chi connectivity index (χ2n) is 7.27. The second kappa shape index (κ2) is 7.89. The molecule has 3 aromatic rings. The molecule has 30 heavy (non-hydrogen) atoms. The van der Waals surface area contributed by atoms with Crippen molar-refractivity contribution >= 4 is 15.7 Å². The number of hydrogen-bond donors (Lipinski definition) is 1. The van der Waals surface area contributed by atoms with Crippen LogP contribution in [0.3, 0.4) is 0 Å². The Kier molecular flexibility index (Phi) is 5.28. The number of nitrogens with one attached hydrogen (secondary N) is 1. The van der Waals surface area contributed by atoms with Crippen LogP contribution in [0.4, 0.5) is 10.1 Å². The van der Waals surface area contributed by atoms with E-state index in [4.69, 9.17) is 5.26 Å². The largest absolute Gasteiger partial charge is 0.378 e. The van der Waals surface area contributed by atoms with Crippen LogP contribution < -0.4 is 5.32 Å². The Hall–Kier alpha value is -3.22. The summed E-state index contributed by atoms with van der Waals surface area (Å²) < 4.78 is 43.5. The summed E-state index contributed by atoms with van der Waals surface area (Å²) in [6.45, 7) is 0.384. The van der Waals surface area contributed by atoms with Crippen molar-refractivity contribution in [3.05, 3.63) is 78.0 Å². The Morgan fingerprint density at radius 1 is 1.20 bits per heavy atom. The van der Waals surface area contributed by atoms with Crippen LogP contribution in [0.5, 0.6) is 0 Å². The lowest BCUT2D eigenvalue weighted by atomic mass is 9.94. The first-order valence-electron chi connectivity index (χ1n) is 9.38. The van der Waals surface area contributed by atoms with Gasteiger partial charge in [0, 0.05) is 38.3 Å². The molecule has 1 aliphatic heterocycles. The molecule has 7 nitrogen and oxygen atoms in total. The van der Waals surface area contributed by atoms with Gasteiger partial charge in [0.25, 0.3) is 10.0 Å². The van der Waals surface area contributed by atoms with E-state index in [0.29, 0.717) is 5.56 Å². The van der Waals surface area contributed by atoms with Crippen molar-refractivity contribution in [3.63, 3.8) is 0 Å². The Morgan fingerprint density at radius 2 is 1.97 bits per heavy atom.